The molecular formula is C30H33F7N4O3. The average molecular weight is 631 g/mol. The maximum atomic E-state index is 13.9. The van der Waals surface area contributed by atoms with E-state index in [2.05, 4.69) is 0 Å². The van der Waals surface area contributed by atoms with Crippen LogP contribution in [0, 0.1) is 5.82 Å². The number of hydrogen-bond acceptors (Lipinski definition) is 3. The molecule has 2 saturated heterocycles. The third kappa shape index (κ3) is 6.78. The van der Waals surface area contributed by atoms with Gasteiger partial charge in [0.15, 0.2) is 0 Å². The molecule has 2 fully saturated rings. The van der Waals surface area contributed by atoms with Gasteiger partial charge in [0.1, 0.15) is 12.0 Å². The highest BCUT2D eigenvalue weighted by Gasteiger charge is 2.46. The van der Waals surface area contributed by atoms with Gasteiger partial charge in [0, 0.05) is 52.6 Å². The summed E-state index contributed by atoms with van der Waals surface area (Å²) in [6.07, 6.45) is -10.9. The number of carbonyl (C=O) groups excluding carboxylic acids is 3. The van der Waals surface area contributed by atoms with Crippen LogP contribution in [0.5, 0.6) is 0 Å². The maximum absolute atomic E-state index is 13.9. The van der Waals surface area contributed by atoms with Crippen LogP contribution in [0.2, 0.25) is 0 Å². The molecule has 14 heteroatoms. The zero-order valence-corrected chi connectivity index (χ0v) is 24.6. The van der Waals surface area contributed by atoms with E-state index in [1.807, 2.05) is 0 Å². The summed E-state index contributed by atoms with van der Waals surface area (Å²) in [6.45, 7) is 5.10. The van der Waals surface area contributed by atoms with E-state index in [1.54, 1.807) is 17.0 Å². The number of carbonyl (C=O) groups is 3. The van der Waals surface area contributed by atoms with Crippen molar-refractivity contribution in [3.63, 3.8) is 0 Å². The van der Waals surface area contributed by atoms with Gasteiger partial charge in [0.25, 0.3) is 0 Å². The fourth-order valence-corrected chi connectivity index (χ4v) is 5.77. The molecule has 44 heavy (non-hydrogen) atoms. The van der Waals surface area contributed by atoms with Crippen LogP contribution in [-0.2, 0) is 27.4 Å². The van der Waals surface area contributed by atoms with E-state index in [0.29, 0.717) is 30.8 Å². The molecule has 0 radical (unpaired) electrons. The van der Waals surface area contributed by atoms with Crippen molar-refractivity contribution in [2.24, 2.45) is 0 Å². The highest BCUT2D eigenvalue weighted by Crippen LogP contribution is 2.41. The largest absolute Gasteiger partial charge is 0.416 e. The van der Waals surface area contributed by atoms with Crippen LogP contribution in [0.25, 0.3) is 0 Å². The van der Waals surface area contributed by atoms with Crippen LogP contribution in [0.1, 0.15) is 55.4 Å². The molecule has 0 spiro atoms. The first-order chi connectivity index (χ1) is 20.3. The summed E-state index contributed by atoms with van der Waals surface area (Å²) in [5.41, 5.74) is -4.72. The predicted molar refractivity (Wildman–Crippen MR) is 146 cm³/mol. The second kappa shape index (κ2) is 11.9. The Morgan fingerprint density at radius 2 is 1.27 bits per heavy atom. The highest BCUT2D eigenvalue weighted by molar-refractivity contribution is 5.88. The van der Waals surface area contributed by atoms with Crippen LogP contribution >= 0.6 is 0 Å². The first-order valence-corrected chi connectivity index (χ1v) is 13.9. The molecule has 2 aromatic rings. The Morgan fingerprint density at radius 1 is 0.795 bits per heavy atom. The molecule has 0 saturated carbocycles. The highest BCUT2D eigenvalue weighted by atomic mass is 19.4. The van der Waals surface area contributed by atoms with Crippen LogP contribution < -0.4 is 0 Å². The topological polar surface area (TPSA) is 64.2 Å². The summed E-state index contributed by atoms with van der Waals surface area (Å²) in [5, 5.41) is 0. The molecule has 2 aliphatic heterocycles. The maximum Gasteiger partial charge on any atom is 0.416 e. The second-order valence-corrected chi connectivity index (χ2v) is 11.7. The third-order valence-electron chi connectivity index (χ3n) is 8.47. The Labute approximate surface area is 250 Å². The number of benzene rings is 2. The number of nitrogens with zero attached hydrogens (tertiary/aromatic N) is 4. The smallest absolute Gasteiger partial charge is 0.339 e. The lowest BCUT2D eigenvalue weighted by Gasteiger charge is -2.41. The van der Waals surface area contributed by atoms with Crippen molar-refractivity contribution >= 4 is 17.8 Å². The van der Waals surface area contributed by atoms with E-state index >= 15 is 0 Å². The number of urea groups is 1. The molecule has 7 nitrogen and oxygen atoms in total. The Balaban J connectivity index is 1.67. The monoisotopic (exact) mass is 630 g/mol. The van der Waals surface area contributed by atoms with Gasteiger partial charge >= 0.3 is 18.4 Å². The van der Waals surface area contributed by atoms with Crippen molar-refractivity contribution in [2.75, 3.05) is 39.8 Å². The van der Waals surface area contributed by atoms with Crippen molar-refractivity contribution in [1.82, 2.24) is 19.6 Å². The number of likely N-dealkylation sites (tertiary alicyclic amines) is 1. The molecule has 2 aliphatic rings. The van der Waals surface area contributed by atoms with Gasteiger partial charge in [-0.1, -0.05) is 12.1 Å². The summed E-state index contributed by atoms with van der Waals surface area (Å²) in [7, 11) is 1.36. The molecule has 0 N–H and O–H groups in total. The fraction of sp³-hybridized carbons (Fsp3) is 0.500. The molecule has 0 bridgehead atoms. The summed E-state index contributed by atoms with van der Waals surface area (Å²) < 4.78 is 95.1. The van der Waals surface area contributed by atoms with E-state index in [1.165, 1.54) is 54.7 Å². The number of piperazine rings is 1. The normalized spacial score (nSPS) is 19.8. The number of halogens is 7. The van der Waals surface area contributed by atoms with Crippen molar-refractivity contribution in [1.29, 1.82) is 0 Å². The van der Waals surface area contributed by atoms with E-state index in [9.17, 15) is 45.1 Å². The van der Waals surface area contributed by atoms with Gasteiger partial charge in [-0.05, 0) is 61.7 Å². The lowest BCUT2D eigenvalue weighted by Crippen LogP contribution is -2.58. The van der Waals surface area contributed by atoms with E-state index in [0.717, 1.165) is 0 Å². The van der Waals surface area contributed by atoms with Gasteiger partial charge in [-0.15, -0.1) is 0 Å². The van der Waals surface area contributed by atoms with Crippen molar-refractivity contribution < 1.29 is 45.1 Å². The zero-order chi connectivity index (χ0) is 32.8. The minimum atomic E-state index is -5.09. The van der Waals surface area contributed by atoms with Crippen LogP contribution in [-0.4, -0.2) is 83.4 Å². The molecule has 240 valence electrons. The standard InChI is InChI=1S/C30H33F7N4O3/c1-18(42)39-9-11-40(12-10-39)27(44)41-17-20(19-5-7-24(31)8-6-19)13-25(41)38(4)26(43)28(2,3)21-14-22(29(32,33)34)16-23(15-21)30(35,36)37/h5-8,14-16,20,25H,9-13,17H2,1-4H3/t20-,25?/m0/s1. The van der Waals surface area contributed by atoms with Gasteiger partial charge in [-0.25, -0.2) is 9.18 Å². The summed E-state index contributed by atoms with van der Waals surface area (Å²) >= 11 is 0. The SMILES string of the molecule is CC(=O)N1CCN(C(=O)N2C[C@@H](c3ccc(F)cc3)CC2N(C)C(=O)C(C)(C)c2cc(C(F)(F)F)cc(C(F)(F)F)c2)CC1. The first-order valence-electron chi connectivity index (χ1n) is 13.9. The Bertz CT molecular complexity index is 1370. The summed E-state index contributed by atoms with van der Waals surface area (Å²) in [4.78, 5) is 45.2. The molecule has 2 heterocycles. The molecular weight excluding hydrogens is 597 g/mol. The van der Waals surface area contributed by atoms with E-state index in [4.69, 9.17) is 0 Å². The molecule has 4 amide bonds. The molecule has 0 aliphatic carbocycles. The van der Waals surface area contributed by atoms with E-state index in [-0.39, 0.29) is 43.9 Å². The average Bonchev–Trinajstić information content (AvgIpc) is 3.40. The lowest BCUT2D eigenvalue weighted by atomic mass is 9.81. The molecule has 4 rings (SSSR count). The quantitative estimate of drug-likeness (QED) is 0.408. The first kappa shape index (κ1) is 33.1. The van der Waals surface area contributed by atoms with Gasteiger partial charge in [-0.2, -0.15) is 26.3 Å². The van der Waals surface area contributed by atoms with E-state index < -0.39 is 58.4 Å². The second-order valence-electron chi connectivity index (χ2n) is 11.7. The Morgan fingerprint density at radius 3 is 1.75 bits per heavy atom. The molecule has 0 aromatic heterocycles. The lowest BCUT2D eigenvalue weighted by molar-refractivity contribution is -0.144. The summed E-state index contributed by atoms with van der Waals surface area (Å²) in [6, 6.07) is 6.29. The van der Waals surface area contributed by atoms with Crippen LogP contribution in [0.3, 0.4) is 0 Å². The number of alkyl halides is 6. The van der Waals surface area contributed by atoms with Gasteiger partial charge in [0.05, 0.1) is 16.5 Å². The summed E-state index contributed by atoms with van der Waals surface area (Å²) in [5.74, 6) is -1.74. The van der Waals surface area contributed by atoms with Gasteiger partial charge < -0.3 is 19.6 Å². The van der Waals surface area contributed by atoms with Crippen molar-refractivity contribution in [3.8, 4) is 0 Å². The number of rotatable bonds is 4. The zero-order valence-electron chi connectivity index (χ0n) is 24.6. The fourth-order valence-electron chi connectivity index (χ4n) is 5.77. The van der Waals surface area contributed by atoms with Gasteiger partial charge in [-0.3, -0.25) is 9.59 Å². The van der Waals surface area contributed by atoms with Crippen LogP contribution in [0.4, 0.5) is 35.5 Å². The minimum absolute atomic E-state index is 0.00425. The Hall–Kier alpha value is -3.84. The number of amides is 4. The Kier molecular flexibility index (Phi) is 8.96. The third-order valence-corrected chi connectivity index (χ3v) is 8.47. The molecule has 1 unspecified atom stereocenters. The minimum Gasteiger partial charge on any atom is -0.339 e. The predicted octanol–water partition coefficient (Wildman–Crippen LogP) is 5.70. The van der Waals surface area contributed by atoms with Gasteiger partial charge in [0.2, 0.25) is 11.8 Å². The van der Waals surface area contributed by atoms with Crippen LogP contribution in [0.15, 0.2) is 42.5 Å². The van der Waals surface area contributed by atoms with Crippen molar-refractivity contribution in [2.45, 2.75) is 57.0 Å². The number of likely N-dealkylation sites (N-methyl/N-ethyl adjacent to an activating group) is 1. The number of hydrogen-bond donors (Lipinski definition) is 0. The molecule has 2 aromatic carbocycles. The van der Waals surface area contributed by atoms with Crippen molar-refractivity contribution in [3.05, 3.63) is 70.5 Å². The molecule has 2 atom stereocenters.